The van der Waals surface area contributed by atoms with E-state index in [0.717, 1.165) is 5.69 Å². The molecule has 1 aromatic carbocycles. The summed E-state index contributed by atoms with van der Waals surface area (Å²) in [6, 6.07) is 7.90. The van der Waals surface area contributed by atoms with Crippen LogP contribution in [0.3, 0.4) is 0 Å². The van der Waals surface area contributed by atoms with Crippen LogP contribution in [-0.2, 0) is 0 Å². The Hall–Kier alpha value is -2.61. The lowest BCUT2D eigenvalue weighted by atomic mass is 10.3. The lowest BCUT2D eigenvalue weighted by molar-refractivity contribution is -0.384. The van der Waals surface area contributed by atoms with Crippen molar-refractivity contribution in [2.24, 2.45) is 0 Å². The molecule has 1 aromatic rings. The molecule has 0 heterocycles. The fourth-order valence-electron chi connectivity index (χ4n) is 0.978. The minimum Gasteiger partial charge on any atom is -0.362 e. The quantitative estimate of drug-likeness (QED) is 0.362. The molecule has 1 rings (SSSR count). The molecule has 0 radical (unpaired) electrons. The van der Waals surface area contributed by atoms with Crippen molar-refractivity contribution < 1.29 is 4.92 Å². The van der Waals surface area contributed by atoms with Gasteiger partial charge in [0, 0.05) is 30.1 Å². The van der Waals surface area contributed by atoms with E-state index in [0.29, 0.717) is 0 Å². The normalized spacial score (nSPS) is 10.4. The summed E-state index contributed by atoms with van der Waals surface area (Å²) in [5.41, 5.74) is 0.797. The van der Waals surface area contributed by atoms with Crippen molar-refractivity contribution >= 4 is 11.4 Å². The fourth-order valence-corrected chi connectivity index (χ4v) is 0.978. The zero-order chi connectivity index (χ0) is 11.8. The molecule has 5 heteroatoms. The number of non-ortho nitro benzene ring substituents is 1. The van der Waals surface area contributed by atoms with E-state index >= 15 is 0 Å². The Balaban J connectivity index is 2.56. The van der Waals surface area contributed by atoms with Crippen LogP contribution in [0.4, 0.5) is 11.4 Å². The van der Waals surface area contributed by atoms with E-state index in [9.17, 15) is 10.1 Å². The van der Waals surface area contributed by atoms with E-state index in [2.05, 4.69) is 5.32 Å². The Kier molecular flexibility index (Phi) is 4.29. The van der Waals surface area contributed by atoms with Gasteiger partial charge in [-0.25, -0.2) is 0 Å². The maximum atomic E-state index is 10.4. The Morgan fingerprint density at radius 3 is 2.56 bits per heavy atom. The van der Waals surface area contributed by atoms with Crippen molar-refractivity contribution in [1.29, 1.82) is 5.26 Å². The number of anilines is 1. The van der Waals surface area contributed by atoms with Crippen LogP contribution in [0.5, 0.6) is 0 Å². The lowest BCUT2D eigenvalue weighted by Crippen LogP contribution is -1.89. The first kappa shape index (κ1) is 11.5. The molecule has 0 saturated carbocycles. The third-order valence-electron chi connectivity index (χ3n) is 1.71. The lowest BCUT2D eigenvalue weighted by Gasteiger charge is -1.98. The minimum absolute atomic E-state index is 0.0545. The summed E-state index contributed by atoms with van der Waals surface area (Å²) < 4.78 is 0. The van der Waals surface area contributed by atoms with Crippen LogP contribution in [0, 0.1) is 21.4 Å². The Labute approximate surface area is 92.5 Å². The molecule has 16 heavy (non-hydrogen) atoms. The molecule has 5 nitrogen and oxygen atoms in total. The summed E-state index contributed by atoms with van der Waals surface area (Å²) in [4.78, 5) is 9.93. The van der Waals surface area contributed by atoms with Gasteiger partial charge in [-0.3, -0.25) is 10.1 Å². The van der Waals surface area contributed by atoms with Gasteiger partial charge < -0.3 is 5.32 Å². The average Bonchev–Trinajstić information content (AvgIpc) is 2.29. The Morgan fingerprint density at radius 1 is 1.31 bits per heavy atom. The van der Waals surface area contributed by atoms with Crippen molar-refractivity contribution in [3.8, 4) is 6.07 Å². The third kappa shape index (κ3) is 3.64. The summed E-state index contributed by atoms with van der Waals surface area (Å²) in [5, 5.41) is 21.5. The second kappa shape index (κ2) is 5.98. The molecule has 0 spiro atoms. The van der Waals surface area contributed by atoms with Gasteiger partial charge in [-0.15, -0.1) is 0 Å². The van der Waals surface area contributed by atoms with Crippen molar-refractivity contribution in [1.82, 2.24) is 0 Å². The minimum atomic E-state index is -0.449. The van der Waals surface area contributed by atoms with Crippen LogP contribution >= 0.6 is 0 Å². The maximum absolute atomic E-state index is 10.4. The molecular weight excluding hydrogens is 206 g/mol. The third-order valence-corrected chi connectivity index (χ3v) is 1.71. The van der Waals surface area contributed by atoms with Gasteiger partial charge in [-0.05, 0) is 18.2 Å². The van der Waals surface area contributed by atoms with E-state index in [-0.39, 0.29) is 5.69 Å². The second-order valence-corrected chi connectivity index (χ2v) is 2.80. The van der Waals surface area contributed by atoms with Crippen LogP contribution in [0.1, 0.15) is 0 Å². The molecule has 0 unspecified atom stereocenters. The van der Waals surface area contributed by atoms with Gasteiger partial charge in [-0.1, -0.05) is 6.08 Å². The summed E-state index contributed by atoms with van der Waals surface area (Å²) in [6.45, 7) is 0. The van der Waals surface area contributed by atoms with Gasteiger partial charge in [-0.2, -0.15) is 5.26 Å². The van der Waals surface area contributed by atoms with Gasteiger partial charge in [0.2, 0.25) is 0 Å². The molecule has 0 amide bonds. The van der Waals surface area contributed by atoms with Crippen LogP contribution in [-0.4, -0.2) is 4.92 Å². The van der Waals surface area contributed by atoms with Gasteiger partial charge in [0.1, 0.15) is 0 Å². The summed E-state index contributed by atoms with van der Waals surface area (Å²) in [5.74, 6) is 0. The first-order valence-electron chi connectivity index (χ1n) is 4.46. The highest BCUT2D eigenvalue weighted by atomic mass is 16.6. The standard InChI is InChI=1S/C11H9N3O2/c12-8-2-1-3-9-13-10-4-6-11(7-5-10)14(15)16/h1-7,9,13H/b2-1+,9-3+. The molecule has 1 N–H and O–H groups in total. The number of nitro benzene ring substituents is 1. The van der Waals surface area contributed by atoms with E-state index in [1.165, 1.54) is 18.2 Å². The van der Waals surface area contributed by atoms with Gasteiger partial charge >= 0.3 is 0 Å². The summed E-state index contributed by atoms with van der Waals surface area (Å²) >= 11 is 0. The number of nitrogens with zero attached hydrogens (tertiary/aromatic N) is 2. The molecular formula is C11H9N3O2. The van der Waals surface area contributed by atoms with Gasteiger partial charge in [0.25, 0.3) is 5.69 Å². The SMILES string of the molecule is N#C/C=C/C=C/Nc1ccc([N+](=O)[O-])cc1. The smallest absolute Gasteiger partial charge is 0.269 e. The number of allylic oxidation sites excluding steroid dienone is 3. The van der Waals surface area contributed by atoms with Crippen molar-refractivity contribution in [2.45, 2.75) is 0 Å². The van der Waals surface area contributed by atoms with Gasteiger partial charge in [0.05, 0.1) is 11.0 Å². The number of hydrogen-bond acceptors (Lipinski definition) is 4. The predicted octanol–water partition coefficient (Wildman–Crippen LogP) is 2.60. The molecule has 0 aromatic heterocycles. The van der Waals surface area contributed by atoms with Crippen molar-refractivity contribution in [3.63, 3.8) is 0 Å². The van der Waals surface area contributed by atoms with Crippen LogP contribution in [0.25, 0.3) is 0 Å². The fraction of sp³-hybridized carbons (Fsp3) is 0. The maximum Gasteiger partial charge on any atom is 0.269 e. The highest BCUT2D eigenvalue weighted by Crippen LogP contribution is 2.15. The largest absolute Gasteiger partial charge is 0.362 e. The van der Waals surface area contributed by atoms with E-state index in [1.54, 1.807) is 30.5 Å². The average molecular weight is 215 g/mol. The van der Waals surface area contributed by atoms with Crippen LogP contribution in [0.15, 0.2) is 48.7 Å². The number of hydrogen-bond donors (Lipinski definition) is 1. The van der Waals surface area contributed by atoms with Crippen molar-refractivity contribution in [3.05, 3.63) is 58.8 Å². The van der Waals surface area contributed by atoms with E-state index < -0.39 is 4.92 Å². The number of nitrogens with one attached hydrogen (secondary N) is 1. The van der Waals surface area contributed by atoms with Crippen LogP contribution < -0.4 is 5.32 Å². The van der Waals surface area contributed by atoms with E-state index in [4.69, 9.17) is 5.26 Å². The first-order valence-corrected chi connectivity index (χ1v) is 4.46. The molecule has 0 fully saturated rings. The monoisotopic (exact) mass is 215 g/mol. The highest BCUT2D eigenvalue weighted by Gasteiger charge is 2.02. The van der Waals surface area contributed by atoms with Crippen molar-refractivity contribution in [2.75, 3.05) is 5.32 Å². The number of benzene rings is 1. The summed E-state index contributed by atoms with van der Waals surface area (Å²) in [7, 11) is 0. The molecule has 0 aliphatic carbocycles. The Morgan fingerprint density at radius 2 is 2.00 bits per heavy atom. The zero-order valence-corrected chi connectivity index (χ0v) is 8.33. The molecule has 80 valence electrons. The molecule has 0 saturated heterocycles. The highest BCUT2D eigenvalue weighted by molar-refractivity contribution is 5.50. The Bertz CT molecular complexity index is 455. The molecule has 0 aliphatic heterocycles. The topological polar surface area (TPSA) is 79.0 Å². The predicted molar refractivity (Wildman–Crippen MR) is 60.6 cm³/mol. The summed E-state index contributed by atoms with van der Waals surface area (Å²) in [6.07, 6.45) is 6.21. The second-order valence-electron chi connectivity index (χ2n) is 2.80. The molecule has 0 bridgehead atoms. The van der Waals surface area contributed by atoms with E-state index in [1.807, 2.05) is 6.07 Å². The number of nitro groups is 1. The first-order chi connectivity index (χ1) is 7.74. The number of rotatable bonds is 4. The van der Waals surface area contributed by atoms with Gasteiger partial charge in [0.15, 0.2) is 0 Å². The molecule has 0 atom stereocenters. The van der Waals surface area contributed by atoms with Crippen LogP contribution in [0.2, 0.25) is 0 Å². The molecule has 0 aliphatic rings. The number of nitriles is 1. The zero-order valence-electron chi connectivity index (χ0n) is 8.33.